The number of hydrogen-bond donors (Lipinski definition) is 1. The maximum absolute atomic E-state index is 13.3. The number of pyridine rings is 1. The Balaban J connectivity index is 1.65. The van der Waals surface area contributed by atoms with Crippen molar-refractivity contribution in [2.75, 3.05) is 5.32 Å². The lowest BCUT2D eigenvalue weighted by molar-refractivity contribution is -0.385. The molecule has 0 saturated heterocycles. The smallest absolute Gasteiger partial charge is 0.270 e. The largest absolute Gasteiger partial charge is 0.340 e. The molecule has 0 spiro atoms. The molecule has 1 aromatic heterocycles. The fourth-order valence-corrected chi connectivity index (χ4v) is 4.07. The monoisotopic (exact) mass is 490 g/mol. The van der Waals surface area contributed by atoms with Crippen molar-refractivity contribution in [1.29, 1.82) is 0 Å². The highest BCUT2D eigenvalue weighted by atomic mass is 16.6. The molecule has 9 nitrogen and oxygen atoms in total. The van der Waals surface area contributed by atoms with Crippen molar-refractivity contribution in [1.82, 2.24) is 4.98 Å². The molecule has 0 aliphatic carbocycles. The van der Waals surface area contributed by atoms with Gasteiger partial charge in [0.1, 0.15) is 5.82 Å². The average Bonchev–Trinajstić information content (AvgIpc) is 2.93. The first-order valence-electron chi connectivity index (χ1n) is 11.2. The van der Waals surface area contributed by atoms with Gasteiger partial charge in [-0.1, -0.05) is 60.7 Å². The lowest BCUT2D eigenvalue weighted by Gasteiger charge is -2.14. The second-order valence-electron chi connectivity index (χ2n) is 8.19. The molecule has 1 heterocycles. The van der Waals surface area contributed by atoms with Crippen LogP contribution in [0.1, 0.15) is 15.9 Å². The summed E-state index contributed by atoms with van der Waals surface area (Å²) in [4.78, 5) is 39.7. The van der Waals surface area contributed by atoms with E-state index in [2.05, 4.69) is 10.3 Å². The van der Waals surface area contributed by atoms with E-state index < -0.39 is 9.85 Å². The molecule has 37 heavy (non-hydrogen) atoms. The van der Waals surface area contributed by atoms with Crippen molar-refractivity contribution in [3.05, 3.63) is 134 Å². The molecular formula is C28H18N4O5. The highest BCUT2D eigenvalue weighted by Crippen LogP contribution is 2.34. The van der Waals surface area contributed by atoms with Crippen LogP contribution in [0, 0.1) is 20.2 Å². The van der Waals surface area contributed by atoms with Gasteiger partial charge >= 0.3 is 0 Å². The van der Waals surface area contributed by atoms with Crippen LogP contribution in [0.3, 0.4) is 0 Å². The zero-order valence-electron chi connectivity index (χ0n) is 19.2. The standard InChI is InChI=1S/C28H18N4O5/c33-28(19-9-5-2-6-10-19)24-16-21(32(36)37)12-14-26(24)30-27-17-22(18-7-3-1-4-8-18)23-15-20(31(34)35)11-13-25(23)29-27/h1-17H,(H,29,30). The summed E-state index contributed by atoms with van der Waals surface area (Å²) < 4.78 is 0. The Hall–Kier alpha value is -5.44. The molecule has 4 aromatic carbocycles. The summed E-state index contributed by atoms with van der Waals surface area (Å²) in [5.74, 6) is -0.0114. The molecule has 0 atom stereocenters. The van der Waals surface area contributed by atoms with Gasteiger partial charge in [0.15, 0.2) is 5.78 Å². The van der Waals surface area contributed by atoms with E-state index in [1.165, 1.54) is 30.3 Å². The van der Waals surface area contributed by atoms with Crippen LogP contribution in [0.15, 0.2) is 103 Å². The Morgan fingerprint density at radius 1 is 0.730 bits per heavy atom. The van der Waals surface area contributed by atoms with Gasteiger partial charge < -0.3 is 5.32 Å². The quantitative estimate of drug-likeness (QED) is 0.153. The van der Waals surface area contributed by atoms with Gasteiger partial charge in [0, 0.05) is 35.2 Å². The van der Waals surface area contributed by atoms with E-state index in [0.29, 0.717) is 33.5 Å². The minimum atomic E-state index is -0.555. The number of carbonyl (C=O) groups excluding carboxylic acids is 1. The van der Waals surface area contributed by atoms with Crippen LogP contribution in [-0.2, 0) is 0 Å². The third-order valence-corrected chi connectivity index (χ3v) is 5.85. The van der Waals surface area contributed by atoms with Crippen LogP contribution in [0.4, 0.5) is 22.9 Å². The van der Waals surface area contributed by atoms with Crippen molar-refractivity contribution < 1.29 is 14.6 Å². The molecule has 0 amide bonds. The van der Waals surface area contributed by atoms with Crippen molar-refractivity contribution in [3.8, 4) is 11.1 Å². The molecule has 0 radical (unpaired) electrons. The van der Waals surface area contributed by atoms with Gasteiger partial charge in [-0.2, -0.15) is 0 Å². The molecule has 0 aliphatic rings. The number of hydrogen-bond acceptors (Lipinski definition) is 7. The van der Waals surface area contributed by atoms with Gasteiger partial charge in [0.2, 0.25) is 0 Å². The Morgan fingerprint density at radius 3 is 2.03 bits per heavy atom. The maximum atomic E-state index is 13.3. The number of ketones is 1. The highest BCUT2D eigenvalue weighted by molar-refractivity contribution is 6.13. The first-order chi connectivity index (χ1) is 17.9. The molecule has 0 saturated carbocycles. The maximum Gasteiger partial charge on any atom is 0.270 e. The summed E-state index contributed by atoms with van der Waals surface area (Å²) in [5, 5.41) is 26.5. The molecular weight excluding hydrogens is 472 g/mol. The predicted octanol–water partition coefficient (Wildman–Crippen LogP) is 6.69. The third-order valence-electron chi connectivity index (χ3n) is 5.85. The van der Waals surface area contributed by atoms with E-state index in [-0.39, 0.29) is 22.7 Å². The lowest BCUT2D eigenvalue weighted by Crippen LogP contribution is -2.07. The summed E-state index contributed by atoms with van der Waals surface area (Å²) in [7, 11) is 0. The minimum absolute atomic E-state index is 0.0571. The summed E-state index contributed by atoms with van der Waals surface area (Å²) in [6.45, 7) is 0. The van der Waals surface area contributed by atoms with Crippen LogP contribution in [-0.4, -0.2) is 20.6 Å². The lowest BCUT2D eigenvalue weighted by atomic mass is 9.99. The minimum Gasteiger partial charge on any atom is -0.340 e. The normalized spacial score (nSPS) is 10.7. The summed E-state index contributed by atoms with van der Waals surface area (Å²) >= 11 is 0. The molecule has 5 rings (SSSR count). The first-order valence-corrected chi connectivity index (χ1v) is 11.2. The zero-order valence-corrected chi connectivity index (χ0v) is 19.2. The van der Waals surface area contributed by atoms with Gasteiger partial charge in [-0.05, 0) is 29.3 Å². The van der Waals surface area contributed by atoms with Crippen molar-refractivity contribution >= 4 is 39.6 Å². The SMILES string of the molecule is O=C(c1ccccc1)c1cc([N+](=O)[O-])ccc1Nc1cc(-c2ccccc2)c2cc([N+](=O)[O-])ccc2n1. The highest BCUT2D eigenvalue weighted by Gasteiger charge is 2.20. The van der Waals surface area contributed by atoms with Crippen LogP contribution in [0.5, 0.6) is 0 Å². The molecule has 0 unspecified atom stereocenters. The van der Waals surface area contributed by atoms with Gasteiger partial charge in [-0.15, -0.1) is 0 Å². The number of aromatic nitrogens is 1. The second kappa shape index (κ2) is 9.67. The number of non-ortho nitro benzene ring substituents is 2. The van der Waals surface area contributed by atoms with Gasteiger partial charge in [0.05, 0.1) is 26.6 Å². The zero-order chi connectivity index (χ0) is 25.9. The fraction of sp³-hybridized carbons (Fsp3) is 0. The van der Waals surface area contributed by atoms with E-state index >= 15 is 0 Å². The predicted molar refractivity (Wildman–Crippen MR) is 140 cm³/mol. The second-order valence-corrected chi connectivity index (χ2v) is 8.19. The van der Waals surface area contributed by atoms with Crippen LogP contribution >= 0.6 is 0 Å². The number of anilines is 2. The number of benzene rings is 4. The van der Waals surface area contributed by atoms with Crippen LogP contribution < -0.4 is 5.32 Å². The molecule has 1 N–H and O–H groups in total. The Morgan fingerprint density at radius 2 is 1.35 bits per heavy atom. The summed E-state index contributed by atoms with van der Waals surface area (Å²) in [6, 6.07) is 28.0. The van der Waals surface area contributed by atoms with Gasteiger partial charge in [-0.25, -0.2) is 4.98 Å². The molecule has 0 fully saturated rings. The molecule has 0 aliphatic heterocycles. The van der Waals surface area contributed by atoms with Crippen LogP contribution in [0.2, 0.25) is 0 Å². The fourth-order valence-electron chi connectivity index (χ4n) is 4.07. The molecule has 0 bridgehead atoms. The van der Waals surface area contributed by atoms with E-state index in [1.807, 2.05) is 30.3 Å². The Kier molecular flexibility index (Phi) is 6.09. The van der Waals surface area contributed by atoms with Crippen molar-refractivity contribution in [3.63, 3.8) is 0 Å². The van der Waals surface area contributed by atoms with Gasteiger partial charge in [0.25, 0.3) is 11.4 Å². The number of fused-ring (bicyclic) bond motifs is 1. The number of nitrogens with one attached hydrogen (secondary N) is 1. The third kappa shape index (κ3) is 4.73. The van der Waals surface area contributed by atoms with E-state index in [9.17, 15) is 25.0 Å². The molecule has 180 valence electrons. The molecule has 5 aromatic rings. The van der Waals surface area contributed by atoms with Crippen LogP contribution in [0.25, 0.3) is 22.0 Å². The average molecular weight is 490 g/mol. The number of nitro benzene ring substituents is 2. The topological polar surface area (TPSA) is 128 Å². The van der Waals surface area contributed by atoms with E-state index in [1.54, 1.807) is 42.5 Å². The number of nitro groups is 2. The number of carbonyl (C=O) groups is 1. The summed E-state index contributed by atoms with van der Waals surface area (Å²) in [5.41, 5.74) is 2.60. The van der Waals surface area contributed by atoms with Crippen molar-refractivity contribution in [2.45, 2.75) is 0 Å². The number of rotatable bonds is 7. The van der Waals surface area contributed by atoms with E-state index in [0.717, 1.165) is 5.56 Å². The summed E-state index contributed by atoms with van der Waals surface area (Å²) in [6.07, 6.45) is 0. The first kappa shape index (κ1) is 23.3. The Labute approximate surface area is 210 Å². The number of nitrogens with zero attached hydrogens (tertiary/aromatic N) is 3. The molecule has 9 heteroatoms. The Bertz CT molecular complexity index is 1670. The van der Waals surface area contributed by atoms with Crippen molar-refractivity contribution in [2.24, 2.45) is 0 Å². The van der Waals surface area contributed by atoms with Gasteiger partial charge in [-0.3, -0.25) is 25.0 Å². The van der Waals surface area contributed by atoms with E-state index in [4.69, 9.17) is 0 Å².